The minimum absolute atomic E-state index is 0.0118. The van der Waals surface area contributed by atoms with Crippen molar-refractivity contribution in [1.82, 2.24) is 4.31 Å². The number of ether oxygens (including phenoxy) is 1. The van der Waals surface area contributed by atoms with Gasteiger partial charge in [-0.15, -0.1) is 0 Å². The molecule has 0 radical (unpaired) electrons. The van der Waals surface area contributed by atoms with Gasteiger partial charge in [0.25, 0.3) is 10.0 Å². The second-order valence-electron chi connectivity index (χ2n) is 4.58. The highest BCUT2D eigenvalue weighted by Gasteiger charge is 2.32. The average Bonchev–Trinajstić information content (AvgIpc) is 2.75. The van der Waals surface area contributed by atoms with Gasteiger partial charge >= 0.3 is 5.69 Å². The van der Waals surface area contributed by atoms with Gasteiger partial charge in [0.2, 0.25) is 0 Å². The number of nitro groups is 1. The lowest BCUT2D eigenvalue weighted by atomic mass is 10.4. The van der Waals surface area contributed by atoms with E-state index in [9.17, 15) is 18.5 Å². The zero-order valence-corrected chi connectivity index (χ0v) is 12.9. The zero-order chi connectivity index (χ0) is 15.6. The lowest BCUT2D eigenvalue weighted by molar-refractivity contribution is -0.383. The fraction of sp³-hybridized carbons (Fsp3) is 0.600. The highest BCUT2D eigenvalue weighted by molar-refractivity contribution is 7.91. The fourth-order valence-corrected chi connectivity index (χ4v) is 4.97. The number of sulfonamides is 1. The number of anilines is 1. The summed E-state index contributed by atoms with van der Waals surface area (Å²) in [4.78, 5) is 10.2. The van der Waals surface area contributed by atoms with Crippen LogP contribution in [0.15, 0.2) is 10.3 Å². The Hall–Kier alpha value is -1.27. The Bertz CT molecular complexity index is 629. The minimum atomic E-state index is -3.79. The van der Waals surface area contributed by atoms with Gasteiger partial charge in [0, 0.05) is 25.8 Å². The lowest BCUT2D eigenvalue weighted by Gasteiger charge is -2.20. The molecule has 0 spiro atoms. The zero-order valence-electron chi connectivity index (χ0n) is 11.3. The molecule has 1 aliphatic heterocycles. The number of nitrogen functional groups attached to an aromatic ring is 1. The van der Waals surface area contributed by atoms with Crippen molar-refractivity contribution in [2.45, 2.75) is 23.7 Å². The molecule has 0 aromatic carbocycles. The second kappa shape index (κ2) is 6.23. The molecule has 0 aliphatic carbocycles. The van der Waals surface area contributed by atoms with Crippen LogP contribution in [0.3, 0.4) is 0 Å². The maximum absolute atomic E-state index is 12.6. The third kappa shape index (κ3) is 3.32. The molecule has 3 N–H and O–H groups in total. The third-order valence-electron chi connectivity index (χ3n) is 3.03. The van der Waals surface area contributed by atoms with E-state index in [4.69, 9.17) is 10.6 Å². The normalized spacial score (nSPS) is 21.0. The van der Waals surface area contributed by atoms with E-state index in [1.54, 1.807) is 6.92 Å². The largest absolute Gasteiger partial charge is 0.377 e. The van der Waals surface area contributed by atoms with Gasteiger partial charge in [-0.05, 0) is 13.3 Å². The van der Waals surface area contributed by atoms with Crippen LogP contribution in [0, 0.1) is 10.1 Å². The summed E-state index contributed by atoms with van der Waals surface area (Å²) in [5.41, 5.74) is 1.82. The van der Waals surface area contributed by atoms with Gasteiger partial charge in [0.1, 0.15) is 4.21 Å². The number of nitrogens with two attached hydrogens (primary N) is 1. The van der Waals surface area contributed by atoms with Crippen LogP contribution < -0.4 is 11.3 Å². The summed E-state index contributed by atoms with van der Waals surface area (Å²) in [7, 11) is -3.79. The van der Waals surface area contributed by atoms with Gasteiger partial charge in [-0.3, -0.25) is 10.1 Å². The molecule has 118 valence electrons. The van der Waals surface area contributed by atoms with Crippen molar-refractivity contribution in [2.75, 3.05) is 25.1 Å². The molecular weight excluding hydrogens is 320 g/mol. The van der Waals surface area contributed by atoms with E-state index in [0.717, 1.165) is 17.4 Å². The highest BCUT2D eigenvalue weighted by Crippen LogP contribution is 2.37. The molecule has 9 nitrogen and oxygen atoms in total. The highest BCUT2D eigenvalue weighted by atomic mass is 32.2. The van der Waals surface area contributed by atoms with Crippen LogP contribution in [0.1, 0.15) is 13.3 Å². The molecule has 1 unspecified atom stereocenters. The summed E-state index contributed by atoms with van der Waals surface area (Å²) in [5.74, 6) is 5.20. The van der Waals surface area contributed by atoms with Crippen molar-refractivity contribution >= 4 is 32.0 Å². The Kier molecular flexibility index (Phi) is 4.78. The van der Waals surface area contributed by atoms with Crippen LogP contribution in [0.4, 0.5) is 10.7 Å². The lowest BCUT2D eigenvalue weighted by Crippen LogP contribution is -2.35. The van der Waals surface area contributed by atoms with Crippen LogP contribution in [0.2, 0.25) is 0 Å². The molecule has 2 heterocycles. The molecule has 1 aromatic rings. The topological polar surface area (TPSA) is 128 Å². The Labute approximate surface area is 125 Å². The monoisotopic (exact) mass is 336 g/mol. The molecule has 0 saturated carbocycles. The number of hydrogen-bond donors (Lipinski definition) is 2. The first-order valence-electron chi connectivity index (χ1n) is 6.23. The van der Waals surface area contributed by atoms with Crippen molar-refractivity contribution in [3.63, 3.8) is 0 Å². The van der Waals surface area contributed by atoms with Crippen molar-refractivity contribution in [1.29, 1.82) is 0 Å². The molecule has 0 bridgehead atoms. The fourth-order valence-electron chi connectivity index (χ4n) is 2.03. The van der Waals surface area contributed by atoms with Gasteiger partial charge < -0.3 is 10.2 Å². The average molecular weight is 336 g/mol. The molecular formula is C10H16N4O5S2. The van der Waals surface area contributed by atoms with E-state index < -0.39 is 14.9 Å². The molecule has 1 aromatic heterocycles. The number of hydrogen-bond acceptors (Lipinski definition) is 8. The quantitative estimate of drug-likeness (QED) is 0.471. The number of rotatable bonds is 4. The first-order chi connectivity index (χ1) is 9.86. The second-order valence-corrected chi connectivity index (χ2v) is 7.80. The minimum Gasteiger partial charge on any atom is -0.377 e. The number of thiophene rings is 1. The van der Waals surface area contributed by atoms with E-state index in [1.165, 1.54) is 4.31 Å². The van der Waals surface area contributed by atoms with E-state index in [0.29, 0.717) is 19.6 Å². The van der Waals surface area contributed by atoms with Crippen LogP contribution in [-0.4, -0.2) is 43.4 Å². The van der Waals surface area contributed by atoms with Gasteiger partial charge in [0.15, 0.2) is 5.00 Å². The summed E-state index contributed by atoms with van der Waals surface area (Å²) >= 11 is 0.748. The molecule has 21 heavy (non-hydrogen) atoms. The Morgan fingerprint density at radius 3 is 2.90 bits per heavy atom. The van der Waals surface area contributed by atoms with Crippen molar-refractivity contribution in [3.05, 3.63) is 16.2 Å². The summed E-state index contributed by atoms with van der Waals surface area (Å²) < 4.78 is 31.8. The van der Waals surface area contributed by atoms with E-state index in [1.807, 2.05) is 0 Å². The van der Waals surface area contributed by atoms with Crippen molar-refractivity contribution < 1.29 is 18.1 Å². The van der Waals surface area contributed by atoms with Gasteiger partial charge in [-0.25, -0.2) is 14.3 Å². The molecule has 11 heteroatoms. The van der Waals surface area contributed by atoms with Crippen LogP contribution in [0.5, 0.6) is 0 Å². The predicted molar refractivity (Wildman–Crippen MR) is 77.6 cm³/mol. The summed E-state index contributed by atoms with van der Waals surface area (Å²) in [6.45, 7) is 2.83. The third-order valence-corrected chi connectivity index (χ3v) is 6.40. The number of hydrazine groups is 1. The maximum Gasteiger partial charge on any atom is 0.306 e. The van der Waals surface area contributed by atoms with Crippen molar-refractivity contribution in [2.24, 2.45) is 5.84 Å². The molecule has 1 atom stereocenters. The Morgan fingerprint density at radius 1 is 1.62 bits per heavy atom. The summed E-state index contributed by atoms with van der Waals surface area (Å²) in [5, 5.41) is 10.9. The first kappa shape index (κ1) is 16.1. The van der Waals surface area contributed by atoms with E-state index in [-0.39, 0.29) is 27.5 Å². The van der Waals surface area contributed by atoms with Crippen LogP contribution >= 0.6 is 11.3 Å². The smallest absolute Gasteiger partial charge is 0.306 e. The van der Waals surface area contributed by atoms with Crippen molar-refractivity contribution in [3.8, 4) is 0 Å². The molecule has 1 aliphatic rings. The van der Waals surface area contributed by atoms with E-state index >= 15 is 0 Å². The molecule has 0 amide bonds. The summed E-state index contributed by atoms with van der Waals surface area (Å²) in [6.07, 6.45) is 0.364. The molecule has 1 fully saturated rings. The SMILES string of the molecule is CC1CN(S(=O)(=O)c2cc([N+](=O)[O-])c(NN)s2)CCCO1. The number of nitrogens with zero attached hydrogens (tertiary/aromatic N) is 2. The maximum atomic E-state index is 12.6. The van der Waals surface area contributed by atoms with Crippen LogP contribution in [-0.2, 0) is 14.8 Å². The van der Waals surface area contributed by atoms with Crippen LogP contribution in [0.25, 0.3) is 0 Å². The number of nitrogens with one attached hydrogen (secondary N) is 1. The first-order valence-corrected chi connectivity index (χ1v) is 8.48. The standard InChI is InChI=1S/C10H16N4O5S2/c1-7-6-13(3-2-4-19-7)21(17,18)9-5-8(14(15)16)10(12-11)20-9/h5,7,12H,2-4,6,11H2,1H3. The van der Waals surface area contributed by atoms with E-state index in [2.05, 4.69) is 5.43 Å². The van der Waals surface area contributed by atoms with Gasteiger partial charge in [0.05, 0.1) is 11.0 Å². The summed E-state index contributed by atoms with van der Waals surface area (Å²) in [6, 6.07) is 1.03. The molecule has 1 saturated heterocycles. The Morgan fingerprint density at radius 2 is 2.33 bits per heavy atom. The van der Waals surface area contributed by atoms with Gasteiger partial charge in [-0.1, -0.05) is 11.3 Å². The Balaban J connectivity index is 2.36. The predicted octanol–water partition coefficient (Wildman–Crippen LogP) is 0.741. The van der Waals surface area contributed by atoms with Gasteiger partial charge in [-0.2, -0.15) is 4.31 Å². The molecule has 2 rings (SSSR count).